The summed E-state index contributed by atoms with van der Waals surface area (Å²) < 4.78 is 1.99. The number of hydrogen-bond acceptors (Lipinski definition) is 6. The minimum absolute atomic E-state index is 0.699. The smallest absolute Gasteiger partial charge is 0.306 e. The topological polar surface area (TPSA) is 163 Å². The van der Waals surface area contributed by atoms with Crippen LogP contribution in [0.5, 0.6) is 0 Å². The lowest BCUT2D eigenvalue weighted by Crippen LogP contribution is -2.51. The molecule has 0 amide bonds. The van der Waals surface area contributed by atoms with Crippen LogP contribution in [0, 0.1) is 11.3 Å². The molecule has 0 aliphatic rings. The Morgan fingerprint density at radius 2 is 1.81 bits per heavy atom. The van der Waals surface area contributed by atoms with Gasteiger partial charge >= 0.3 is 11.9 Å². The fraction of sp³-hybridized carbons (Fsp3) is 0.353. The Labute approximate surface area is 150 Å². The van der Waals surface area contributed by atoms with E-state index in [1.165, 1.54) is 5.57 Å². The minimum atomic E-state index is -2.85. The minimum Gasteiger partial charge on any atom is -0.547 e. The molecule has 0 unspecified atom stereocenters. The molecule has 140 valence electrons. The lowest BCUT2D eigenvalue weighted by atomic mass is 9.96. The first-order valence-electron chi connectivity index (χ1n) is 7.40. The fourth-order valence-electron chi connectivity index (χ4n) is 1.70. The summed E-state index contributed by atoms with van der Waals surface area (Å²) in [6.45, 7) is 4.96. The molecule has 3 N–H and O–H groups in total. The first kappa shape index (κ1) is 22.8. The molecule has 1 aromatic heterocycles. The van der Waals surface area contributed by atoms with Crippen molar-refractivity contribution in [1.82, 2.24) is 0 Å². The van der Waals surface area contributed by atoms with E-state index in [-0.39, 0.29) is 0 Å². The van der Waals surface area contributed by atoms with E-state index in [9.17, 15) is 19.5 Å². The molecular weight excluding hydrogens is 344 g/mol. The number of carboxylic acid groups (broad SMARTS) is 3. The number of rotatable bonds is 7. The SMILES string of the molecule is CC(C)=CC[n+]1cccc(C#N)c1.O=C(O)CC(O)(CC(=O)O)C(=O)[O-]. The van der Waals surface area contributed by atoms with E-state index in [1.54, 1.807) is 6.07 Å². The van der Waals surface area contributed by atoms with Gasteiger partial charge in [-0.25, -0.2) is 4.57 Å². The van der Waals surface area contributed by atoms with Crippen LogP contribution < -0.4 is 9.67 Å². The number of nitriles is 1. The van der Waals surface area contributed by atoms with Gasteiger partial charge in [0, 0.05) is 6.07 Å². The Kier molecular flexibility index (Phi) is 9.26. The molecule has 9 heteroatoms. The third-order valence-corrected chi connectivity index (χ3v) is 2.96. The van der Waals surface area contributed by atoms with Crippen molar-refractivity contribution in [1.29, 1.82) is 5.26 Å². The van der Waals surface area contributed by atoms with Gasteiger partial charge in [-0.15, -0.1) is 0 Å². The highest BCUT2D eigenvalue weighted by Gasteiger charge is 2.34. The van der Waals surface area contributed by atoms with E-state index in [0.717, 1.165) is 6.54 Å². The standard InChI is InChI=1S/C11H13N2.C6H8O7/c1-10(2)5-7-13-6-3-4-11(8-12)9-13;7-3(8)1-6(13,5(11)12)2-4(9)10/h3-6,9H,7H2,1-2H3;13H,1-2H2,(H,7,8)(H,9,10)(H,11,12)/q+1;/p-1. The number of aliphatic hydroxyl groups is 1. The highest BCUT2D eigenvalue weighted by atomic mass is 16.4. The Morgan fingerprint density at radius 1 is 1.27 bits per heavy atom. The summed E-state index contributed by atoms with van der Waals surface area (Å²) in [6.07, 6.45) is 3.52. The summed E-state index contributed by atoms with van der Waals surface area (Å²) >= 11 is 0. The zero-order valence-corrected chi connectivity index (χ0v) is 14.4. The second kappa shape index (κ2) is 10.6. The molecule has 26 heavy (non-hydrogen) atoms. The maximum atomic E-state index is 10.2. The number of nitrogens with zero attached hydrogens (tertiary/aromatic N) is 2. The summed E-state index contributed by atoms with van der Waals surface area (Å²) in [5.74, 6) is -5.35. The molecule has 0 atom stereocenters. The van der Waals surface area contributed by atoms with E-state index >= 15 is 0 Å². The molecule has 0 spiro atoms. The van der Waals surface area contributed by atoms with Gasteiger partial charge in [0.2, 0.25) is 0 Å². The van der Waals surface area contributed by atoms with Crippen LogP contribution in [0.2, 0.25) is 0 Å². The summed E-state index contributed by atoms with van der Waals surface area (Å²) in [5, 5.41) is 44.2. The number of allylic oxidation sites excluding steroid dienone is 2. The van der Waals surface area contributed by atoms with Crippen molar-refractivity contribution in [3.63, 3.8) is 0 Å². The van der Waals surface area contributed by atoms with E-state index in [2.05, 4.69) is 26.0 Å². The van der Waals surface area contributed by atoms with Crippen molar-refractivity contribution < 1.29 is 39.4 Å². The number of carbonyl (C=O) groups excluding carboxylic acids is 1. The van der Waals surface area contributed by atoms with Crippen molar-refractivity contribution in [2.24, 2.45) is 0 Å². The summed E-state index contributed by atoms with van der Waals surface area (Å²) in [7, 11) is 0. The number of carboxylic acids is 3. The first-order valence-corrected chi connectivity index (χ1v) is 7.40. The van der Waals surface area contributed by atoms with Crippen LogP contribution in [0.4, 0.5) is 0 Å². The number of aromatic nitrogens is 1. The lowest BCUT2D eigenvalue weighted by Gasteiger charge is -2.25. The van der Waals surface area contributed by atoms with Gasteiger partial charge in [-0.05, 0) is 26.0 Å². The fourth-order valence-corrected chi connectivity index (χ4v) is 1.70. The largest absolute Gasteiger partial charge is 0.547 e. The van der Waals surface area contributed by atoms with Crippen LogP contribution in [0.15, 0.2) is 36.2 Å². The van der Waals surface area contributed by atoms with Crippen molar-refractivity contribution in [2.75, 3.05) is 0 Å². The molecule has 0 saturated carbocycles. The Balaban J connectivity index is 0.000000481. The van der Waals surface area contributed by atoms with Gasteiger partial charge in [-0.3, -0.25) is 9.59 Å². The number of hydrogen-bond donors (Lipinski definition) is 3. The number of aliphatic carboxylic acids is 3. The predicted molar refractivity (Wildman–Crippen MR) is 85.2 cm³/mol. The third-order valence-electron chi connectivity index (χ3n) is 2.96. The Morgan fingerprint density at radius 3 is 2.19 bits per heavy atom. The molecule has 1 heterocycles. The zero-order valence-electron chi connectivity index (χ0n) is 14.4. The lowest BCUT2D eigenvalue weighted by molar-refractivity contribution is -0.687. The maximum absolute atomic E-state index is 10.2. The molecule has 0 aliphatic carbocycles. The molecule has 1 rings (SSSR count). The summed E-state index contributed by atoms with van der Waals surface area (Å²) in [4.78, 5) is 30.3. The van der Waals surface area contributed by atoms with Crippen LogP contribution >= 0.6 is 0 Å². The molecule has 0 aliphatic heterocycles. The number of pyridine rings is 1. The summed E-state index contributed by atoms with van der Waals surface area (Å²) in [5.41, 5.74) is -0.864. The Hall–Kier alpha value is -3.25. The van der Waals surface area contributed by atoms with Gasteiger partial charge in [0.05, 0.1) is 18.8 Å². The van der Waals surface area contributed by atoms with Crippen molar-refractivity contribution in [3.8, 4) is 6.07 Å². The molecule has 0 radical (unpaired) electrons. The molecule has 9 nitrogen and oxygen atoms in total. The zero-order chi connectivity index (χ0) is 20.3. The van der Waals surface area contributed by atoms with Crippen LogP contribution in [-0.4, -0.2) is 38.8 Å². The Bertz CT molecular complexity index is 715. The first-order chi connectivity index (χ1) is 12.0. The van der Waals surface area contributed by atoms with Gasteiger partial charge < -0.3 is 25.2 Å². The molecule has 1 aromatic rings. The third kappa shape index (κ3) is 9.14. The van der Waals surface area contributed by atoms with Crippen LogP contribution in [-0.2, 0) is 20.9 Å². The molecule has 0 bridgehead atoms. The quantitative estimate of drug-likeness (QED) is 0.419. The molecule has 0 fully saturated rings. The van der Waals surface area contributed by atoms with Crippen LogP contribution in [0.25, 0.3) is 0 Å². The average molecular weight is 364 g/mol. The highest BCUT2D eigenvalue weighted by molar-refractivity contribution is 5.86. The van der Waals surface area contributed by atoms with Crippen molar-refractivity contribution in [3.05, 3.63) is 41.7 Å². The predicted octanol–water partition coefficient (Wildman–Crippen LogP) is -0.771. The highest BCUT2D eigenvalue weighted by Crippen LogP contribution is 2.14. The van der Waals surface area contributed by atoms with Gasteiger partial charge in [-0.2, -0.15) is 5.26 Å². The molecule has 0 aromatic carbocycles. The normalized spacial score (nSPS) is 9.92. The summed E-state index contributed by atoms with van der Waals surface area (Å²) in [6, 6.07) is 5.80. The molecular formula is C17H20N2O7. The van der Waals surface area contributed by atoms with Crippen LogP contribution in [0.1, 0.15) is 32.3 Å². The van der Waals surface area contributed by atoms with Gasteiger partial charge in [-0.1, -0.05) is 5.57 Å². The van der Waals surface area contributed by atoms with Gasteiger partial charge in [0.25, 0.3) is 0 Å². The average Bonchev–Trinajstić information content (AvgIpc) is 2.52. The van der Waals surface area contributed by atoms with Crippen LogP contribution in [0.3, 0.4) is 0 Å². The van der Waals surface area contributed by atoms with E-state index in [4.69, 9.17) is 20.6 Å². The second-order valence-electron chi connectivity index (χ2n) is 5.64. The van der Waals surface area contributed by atoms with E-state index in [1.807, 2.05) is 23.0 Å². The van der Waals surface area contributed by atoms with Crippen molar-refractivity contribution >= 4 is 17.9 Å². The maximum Gasteiger partial charge on any atom is 0.306 e. The molecule has 0 saturated heterocycles. The number of carbonyl (C=O) groups is 3. The second-order valence-corrected chi connectivity index (χ2v) is 5.64. The van der Waals surface area contributed by atoms with Crippen molar-refractivity contribution in [2.45, 2.75) is 38.8 Å². The van der Waals surface area contributed by atoms with Gasteiger partial charge in [0.15, 0.2) is 18.9 Å². The van der Waals surface area contributed by atoms with E-state index in [0.29, 0.717) is 5.56 Å². The van der Waals surface area contributed by atoms with E-state index < -0.39 is 36.4 Å². The van der Waals surface area contributed by atoms with Gasteiger partial charge in [0.1, 0.15) is 17.2 Å². The monoisotopic (exact) mass is 364 g/mol.